The Morgan fingerprint density at radius 3 is 2.48 bits per heavy atom. The maximum Gasteiger partial charge on any atom is 0.191 e. The number of rotatable bonds is 8. The summed E-state index contributed by atoms with van der Waals surface area (Å²) in [5.41, 5.74) is 1.16. The predicted octanol–water partition coefficient (Wildman–Crippen LogP) is 2.06. The van der Waals surface area contributed by atoms with Crippen molar-refractivity contribution in [1.82, 2.24) is 25.4 Å². The number of methoxy groups -OCH3 is 2. The summed E-state index contributed by atoms with van der Waals surface area (Å²) >= 11 is 0. The molecule has 150 valence electrons. The topological polar surface area (TPSA) is 85.6 Å². The molecule has 0 unspecified atom stereocenters. The minimum absolute atomic E-state index is 0. The van der Waals surface area contributed by atoms with E-state index in [-0.39, 0.29) is 24.0 Å². The van der Waals surface area contributed by atoms with E-state index in [0.29, 0.717) is 6.54 Å². The predicted molar refractivity (Wildman–Crippen MR) is 117 cm³/mol. The lowest BCUT2D eigenvalue weighted by molar-refractivity contribution is 0.354. The first-order chi connectivity index (χ1) is 12.6. The Bertz CT molecular complexity index is 747. The zero-order valence-corrected chi connectivity index (χ0v) is 18.9. The van der Waals surface area contributed by atoms with Gasteiger partial charge >= 0.3 is 0 Å². The molecular formula is C18H29IN6O2. The van der Waals surface area contributed by atoms with Gasteiger partial charge < -0.3 is 24.7 Å². The molecule has 0 aliphatic heterocycles. The lowest BCUT2D eigenvalue weighted by Crippen LogP contribution is -2.38. The van der Waals surface area contributed by atoms with E-state index in [2.05, 4.69) is 25.8 Å². The van der Waals surface area contributed by atoms with E-state index in [1.165, 1.54) is 0 Å². The van der Waals surface area contributed by atoms with Crippen LogP contribution >= 0.6 is 24.0 Å². The Kier molecular flexibility index (Phi) is 9.90. The molecular weight excluding hydrogens is 459 g/mol. The van der Waals surface area contributed by atoms with Crippen molar-refractivity contribution in [2.45, 2.75) is 26.8 Å². The first-order valence-corrected chi connectivity index (χ1v) is 8.67. The van der Waals surface area contributed by atoms with E-state index in [1.54, 1.807) is 14.2 Å². The monoisotopic (exact) mass is 488 g/mol. The van der Waals surface area contributed by atoms with Crippen molar-refractivity contribution in [3.63, 3.8) is 0 Å². The number of benzene rings is 1. The molecule has 0 atom stereocenters. The number of halogens is 1. The van der Waals surface area contributed by atoms with Crippen LogP contribution in [0.25, 0.3) is 0 Å². The van der Waals surface area contributed by atoms with E-state index in [0.717, 1.165) is 54.2 Å². The molecule has 2 rings (SSSR count). The van der Waals surface area contributed by atoms with Gasteiger partial charge in [0.15, 0.2) is 23.3 Å². The largest absolute Gasteiger partial charge is 0.493 e. The number of aryl methyl sites for hydroxylation is 1. The third-order valence-corrected chi connectivity index (χ3v) is 4.06. The molecule has 1 aromatic carbocycles. The minimum Gasteiger partial charge on any atom is -0.493 e. The van der Waals surface area contributed by atoms with Gasteiger partial charge in [0.1, 0.15) is 12.4 Å². The molecule has 0 saturated carbocycles. The number of hydrogen-bond acceptors (Lipinski definition) is 5. The van der Waals surface area contributed by atoms with Gasteiger partial charge in [-0.15, -0.1) is 34.2 Å². The fourth-order valence-corrected chi connectivity index (χ4v) is 2.44. The van der Waals surface area contributed by atoms with E-state index in [9.17, 15) is 0 Å². The molecule has 8 nitrogen and oxygen atoms in total. The molecule has 9 heteroatoms. The van der Waals surface area contributed by atoms with Gasteiger partial charge in [0, 0.05) is 20.1 Å². The number of aromatic nitrogens is 3. The lowest BCUT2D eigenvalue weighted by atomic mass is 10.1. The van der Waals surface area contributed by atoms with Crippen LogP contribution in [0.4, 0.5) is 0 Å². The zero-order chi connectivity index (χ0) is 18.9. The van der Waals surface area contributed by atoms with Crippen LogP contribution in [0, 0.1) is 6.92 Å². The summed E-state index contributed by atoms with van der Waals surface area (Å²) < 4.78 is 12.6. The number of ether oxygens (including phenoxy) is 2. The standard InChI is InChI=1S/C18H28N6O2.HI/c1-6-19-18(21-12-17-23-22-13(2)24(17)3)20-10-9-14-7-8-15(25-4)16(11-14)26-5;/h7-8,11H,6,9-10,12H2,1-5H3,(H2,19,20,21);1H. The highest BCUT2D eigenvalue weighted by atomic mass is 127. The summed E-state index contributed by atoms with van der Waals surface area (Å²) in [6.45, 7) is 5.98. The SMILES string of the molecule is CCNC(=NCc1nnc(C)n1C)NCCc1ccc(OC)c(OC)c1.I. The molecule has 2 N–H and O–H groups in total. The van der Waals surface area contributed by atoms with E-state index >= 15 is 0 Å². The maximum atomic E-state index is 5.35. The van der Waals surface area contributed by atoms with Gasteiger partial charge in [-0.25, -0.2) is 4.99 Å². The highest BCUT2D eigenvalue weighted by Crippen LogP contribution is 2.27. The average Bonchev–Trinajstić information content (AvgIpc) is 2.97. The van der Waals surface area contributed by atoms with E-state index in [1.807, 2.05) is 43.7 Å². The fraction of sp³-hybridized carbons (Fsp3) is 0.500. The van der Waals surface area contributed by atoms with Gasteiger partial charge in [-0.2, -0.15) is 0 Å². The molecule has 1 heterocycles. The summed E-state index contributed by atoms with van der Waals surface area (Å²) in [4.78, 5) is 4.58. The smallest absolute Gasteiger partial charge is 0.191 e. The second-order valence-electron chi connectivity index (χ2n) is 5.78. The normalized spacial score (nSPS) is 10.9. The summed E-state index contributed by atoms with van der Waals surface area (Å²) in [7, 11) is 5.22. The van der Waals surface area contributed by atoms with Crippen LogP contribution < -0.4 is 20.1 Å². The number of hydrogen-bond donors (Lipinski definition) is 2. The highest BCUT2D eigenvalue weighted by Gasteiger charge is 2.06. The Morgan fingerprint density at radius 1 is 1.15 bits per heavy atom. The van der Waals surface area contributed by atoms with Crippen LogP contribution in [0.1, 0.15) is 24.1 Å². The van der Waals surface area contributed by atoms with Crippen molar-refractivity contribution in [3.8, 4) is 11.5 Å². The lowest BCUT2D eigenvalue weighted by Gasteiger charge is -2.12. The van der Waals surface area contributed by atoms with Crippen molar-refractivity contribution in [3.05, 3.63) is 35.4 Å². The summed E-state index contributed by atoms with van der Waals surface area (Å²) in [5, 5.41) is 14.8. The number of aliphatic imine (C=N–C) groups is 1. The van der Waals surface area contributed by atoms with Crippen LogP contribution in [0.15, 0.2) is 23.2 Å². The third kappa shape index (κ3) is 6.56. The van der Waals surface area contributed by atoms with Crippen molar-refractivity contribution < 1.29 is 9.47 Å². The third-order valence-electron chi connectivity index (χ3n) is 4.06. The summed E-state index contributed by atoms with van der Waals surface area (Å²) in [6.07, 6.45) is 0.841. The number of nitrogens with zero attached hydrogens (tertiary/aromatic N) is 4. The molecule has 2 aromatic rings. The van der Waals surface area contributed by atoms with Gasteiger partial charge in [-0.1, -0.05) is 6.07 Å². The van der Waals surface area contributed by atoms with Crippen LogP contribution in [0.5, 0.6) is 11.5 Å². The second-order valence-corrected chi connectivity index (χ2v) is 5.78. The van der Waals surface area contributed by atoms with Crippen LogP contribution in [0.3, 0.4) is 0 Å². The Balaban J connectivity index is 0.00000364. The van der Waals surface area contributed by atoms with Gasteiger partial charge in [0.2, 0.25) is 0 Å². The molecule has 0 spiro atoms. The molecule has 0 amide bonds. The van der Waals surface area contributed by atoms with Crippen LogP contribution in [-0.2, 0) is 20.0 Å². The minimum atomic E-state index is 0. The van der Waals surface area contributed by atoms with Crippen molar-refractivity contribution in [1.29, 1.82) is 0 Å². The van der Waals surface area contributed by atoms with Gasteiger partial charge in [0.05, 0.1) is 14.2 Å². The fourth-order valence-electron chi connectivity index (χ4n) is 2.44. The summed E-state index contributed by atoms with van der Waals surface area (Å²) in [5.74, 6) is 3.94. The average molecular weight is 488 g/mol. The van der Waals surface area contributed by atoms with Crippen molar-refractivity contribution >= 4 is 29.9 Å². The molecule has 0 saturated heterocycles. The molecule has 0 aliphatic rings. The quantitative estimate of drug-likeness (QED) is 0.336. The van der Waals surface area contributed by atoms with Gasteiger partial charge in [-0.3, -0.25) is 0 Å². The summed E-state index contributed by atoms with van der Waals surface area (Å²) in [6, 6.07) is 5.95. The van der Waals surface area contributed by atoms with Crippen LogP contribution in [-0.4, -0.2) is 48.0 Å². The first kappa shape index (κ1) is 23.0. The van der Waals surface area contributed by atoms with Gasteiger partial charge in [-0.05, 0) is 38.0 Å². The maximum absolute atomic E-state index is 5.35. The van der Waals surface area contributed by atoms with Gasteiger partial charge in [0.25, 0.3) is 0 Å². The Hall–Kier alpha value is -2.04. The van der Waals surface area contributed by atoms with Crippen molar-refractivity contribution in [2.24, 2.45) is 12.0 Å². The highest BCUT2D eigenvalue weighted by molar-refractivity contribution is 14.0. The van der Waals surface area contributed by atoms with Crippen LogP contribution in [0.2, 0.25) is 0 Å². The zero-order valence-electron chi connectivity index (χ0n) is 16.6. The number of guanidine groups is 1. The molecule has 0 fully saturated rings. The Morgan fingerprint density at radius 2 is 1.89 bits per heavy atom. The molecule has 0 bridgehead atoms. The molecule has 0 radical (unpaired) electrons. The molecule has 1 aromatic heterocycles. The Labute approximate surface area is 177 Å². The molecule has 27 heavy (non-hydrogen) atoms. The van der Waals surface area contributed by atoms with E-state index in [4.69, 9.17) is 9.47 Å². The number of nitrogens with one attached hydrogen (secondary N) is 2. The second kappa shape index (κ2) is 11.6. The molecule has 0 aliphatic carbocycles. The van der Waals surface area contributed by atoms with E-state index < -0.39 is 0 Å². The first-order valence-electron chi connectivity index (χ1n) is 8.67. The van der Waals surface area contributed by atoms with Crippen molar-refractivity contribution in [2.75, 3.05) is 27.3 Å².